The molecule has 0 aliphatic heterocycles. The average Bonchev–Trinajstić information content (AvgIpc) is 2.65. The highest BCUT2D eigenvalue weighted by Crippen LogP contribution is 2.29. The molecule has 0 saturated heterocycles. The Kier molecular flexibility index (Phi) is 9.38. The third-order valence-electron chi connectivity index (χ3n) is 4.11. The second-order valence-electron chi connectivity index (χ2n) is 6.81. The Bertz CT molecular complexity index is 815. The first kappa shape index (κ1) is 25.5. The van der Waals surface area contributed by atoms with Gasteiger partial charge in [-0.2, -0.15) is 13.2 Å². The fourth-order valence-corrected chi connectivity index (χ4v) is 2.60. The lowest BCUT2D eigenvalue weighted by molar-refractivity contribution is -0.141. The van der Waals surface area contributed by atoms with Gasteiger partial charge in [0.05, 0.1) is 6.61 Å². The van der Waals surface area contributed by atoms with Gasteiger partial charge in [-0.3, -0.25) is 0 Å². The quantitative estimate of drug-likeness (QED) is 0.618. The fraction of sp³-hybridized carbons (Fsp3) is 0.400. The van der Waals surface area contributed by atoms with Crippen LogP contribution in [0.15, 0.2) is 42.5 Å². The summed E-state index contributed by atoms with van der Waals surface area (Å²) in [6, 6.07) is 10.6. The first-order chi connectivity index (χ1) is 13.6. The van der Waals surface area contributed by atoms with Gasteiger partial charge in [-0.05, 0) is 37.9 Å². The monoisotopic (exact) mass is 447 g/mol. The van der Waals surface area contributed by atoms with Crippen molar-refractivity contribution in [1.82, 2.24) is 14.8 Å². The second kappa shape index (κ2) is 11.0. The molecule has 1 aromatic carbocycles. The Balaban J connectivity index is 0.00000450. The summed E-state index contributed by atoms with van der Waals surface area (Å²) in [4.78, 5) is 18.4. The molecule has 0 spiro atoms. The maximum Gasteiger partial charge on any atom is 0.433 e. The minimum atomic E-state index is -4.51. The summed E-state index contributed by atoms with van der Waals surface area (Å²) in [5.41, 5.74) is -0.0257. The summed E-state index contributed by atoms with van der Waals surface area (Å²) in [5, 5.41) is 0. The number of hydrogen-bond acceptors (Lipinski definition) is 5. The molecule has 1 amide bonds. The number of amides is 1. The Labute approximate surface area is 180 Å². The van der Waals surface area contributed by atoms with E-state index in [1.165, 1.54) is 17.0 Å². The number of carbonyl (C=O) groups is 1. The molecular weight excluding hydrogens is 423 g/mol. The van der Waals surface area contributed by atoms with Crippen LogP contribution in [0, 0.1) is 0 Å². The van der Waals surface area contributed by atoms with E-state index in [4.69, 9.17) is 9.47 Å². The summed E-state index contributed by atoms with van der Waals surface area (Å²) in [5.74, 6) is 0.359. The summed E-state index contributed by atoms with van der Waals surface area (Å²) < 4.78 is 48.9. The predicted octanol–water partition coefficient (Wildman–Crippen LogP) is 4.65. The number of carbonyl (C=O) groups excluding carboxylic acids is 1. The van der Waals surface area contributed by atoms with Gasteiger partial charge < -0.3 is 19.3 Å². The molecule has 30 heavy (non-hydrogen) atoms. The standard InChI is InChI=1S/C20H24F3N3O3.ClH/c1-25(2)16(14-8-10-15(11-9-14)29-19(27)26(3)4)12-13-28-18-7-5-6-17(24-18)20(21,22)23;/h5-11,16H,12-13H2,1-4H3;1H. The minimum absolute atomic E-state index is 0. The molecule has 2 aromatic rings. The first-order valence-electron chi connectivity index (χ1n) is 8.90. The number of hydrogen-bond donors (Lipinski definition) is 0. The molecule has 2 rings (SSSR count). The van der Waals surface area contributed by atoms with Gasteiger partial charge >= 0.3 is 12.3 Å². The summed E-state index contributed by atoms with van der Waals surface area (Å²) in [7, 11) is 6.98. The van der Waals surface area contributed by atoms with Crippen molar-refractivity contribution < 1.29 is 27.4 Å². The molecule has 0 saturated carbocycles. The van der Waals surface area contributed by atoms with E-state index in [1.54, 1.807) is 26.2 Å². The lowest BCUT2D eigenvalue weighted by Crippen LogP contribution is -2.25. The largest absolute Gasteiger partial charge is 0.478 e. The van der Waals surface area contributed by atoms with Crippen molar-refractivity contribution in [2.75, 3.05) is 34.8 Å². The number of ether oxygens (including phenoxy) is 2. The number of benzene rings is 1. The van der Waals surface area contributed by atoms with Crippen molar-refractivity contribution in [2.45, 2.75) is 18.6 Å². The van der Waals surface area contributed by atoms with Crippen molar-refractivity contribution in [3.05, 3.63) is 53.7 Å². The van der Waals surface area contributed by atoms with E-state index in [9.17, 15) is 18.0 Å². The van der Waals surface area contributed by atoms with Crippen molar-refractivity contribution in [2.24, 2.45) is 0 Å². The molecule has 0 aliphatic rings. The molecule has 1 aromatic heterocycles. The van der Waals surface area contributed by atoms with Crippen molar-refractivity contribution >= 4 is 18.5 Å². The normalized spacial score (nSPS) is 12.1. The molecule has 0 radical (unpaired) electrons. The van der Waals surface area contributed by atoms with Crippen molar-refractivity contribution in [1.29, 1.82) is 0 Å². The van der Waals surface area contributed by atoms with Gasteiger partial charge in [0.25, 0.3) is 0 Å². The van der Waals surface area contributed by atoms with Crippen molar-refractivity contribution in [3.8, 4) is 11.6 Å². The van der Waals surface area contributed by atoms with Gasteiger partial charge in [0.1, 0.15) is 11.4 Å². The van der Waals surface area contributed by atoms with Crippen molar-refractivity contribution in [3.63, 3.8) is 0 Å². The lowest BCUT2D eigenvalue weighted by atomic mass is 10.0. The minimum Gasteiger partial charge on any atom is -0.478 e. The number of pyridine rings is 1. The molecule has 1 unspecified atom stereocenters. The second-order valence-corrected chi connectivity index (χ2v) is 6.81. The Morgan fingerprint density at radius 1 is 1.07 bits per heavy atom. The highest BCUT2D eigenvalue weighted by Gasteiger charge is 2.32. The van der Waals surface area contributed by atoms with E-state index >= 15 is 0 Å². The lowest BCUT2D eigenvalue weighted by Gasteiger charge is -2.25. The van der Waals surface area contributed by atoms with Gasteiger partial charge in [0.15, 0.2) is 0 Å². The van der Waals surface area contributed by atoms with Crippen LogP contribution in [0.25, 0.3) is 0 Å². The van der Waals surface area contributed by atoms with E-state index < -0.39 is 18.0 Å². The maximum atomic E-state index is 12.7. The summed E-state index contributed by atoms with van der Waals surface area (Å²) in [6.07, 6.45) is -4.45. The number of aromatic nitrogens is 1. The molecule has 166 valence electrons. The predicted molar refractivity (Wildman–Crippen MR) is 109 cm³/mol. The van der Waals surface area contributed by atoms with Gasteiger partial charge in [-0.1, -0.05) is 18.2 Å². The van der Waals surface area contributed by atoms with Crippen LogP contribution in [-0.2, 0) is 6.18 Å². The van der Waals surface area contributed by atoms with Crippen LogP contribution in [0.3, 0.4) is 0 Å². The van der Waals surface area contributed by atoms with E-state index in [1.807, 2.05) is 31.1 Å². The zero-order chi connectivity index (χ0) is 21.6. The van der Waals surface area contributed by atoms with Gasteiger partial charge in [0.2, 0.25) is 5.88 Å². The topological polar surface area (TPSA) is 54.9 Å². The fourth-order valence-electron chi connectivity index (χ4n) is 2.60. The third kappa shape index (κ3) is 7.38. The summed E-state index contributed by atoms with van der Waals surface area (Å²) in [6.45, 7) is 0.189. The number of alkyl halides is 3. The van der Waals surface area contributed by atoms with Crippen LogP contribution in [-0.4, -0.2) is 55.7 Å². The zero-order valence-corrected chi connectivity index (χ0v) is 18.0. The van der Waals surface area contributed by atoms with E-state index in [-0.39, 0.29) is 30.9 Å². The maximum absolute atomic E-state index is 12.7. The average molecular weight is 448 g/mol. The van der Waals surface area contributed by atoms with Crippen LogP contribution in [0.4, 0.5) is 18.0 Å². The van der Waals surface area contributed by atoms with E-state index in [0.717, 1.165) is 11.6 Å². The van der Waals surface area contributed by atoms with E-state index in [2.05, 4.69) is 4.98 Å². The Hall–Kier alpha value is -2.52. The van der Waals surface area contributed by atoms with Crippen LogP contribution < -0.4 is 9.47 Å². The van der Waals surface area contributed by atoms with Crippen LogP contribution in [0.1, 0.15) is 23.7 Å². The van der Waals surface area contributed by atoms with Gasteiger partial charge in [-0.25, -0.2) is 9.78 Å². The van der Waals surface area contributed by atoms with E-state index in [0.29, 0.717) is 12.2 Å². The zero-order valence-electron chi connectivity index (χ0n) is 17.1. The number of nitrogens with zero attached hydrogens (tertiary/aromatic N) is 3. The molecule has 6 nitrogen and oxygen atoms in total. The molecule has 0 N–H and O–H groups in total. The van der Waals surface area contributed by atoms with Crippen LogP contribution >= 0.6 is 12.4 Å². The summed E-state index contributed by atoms with van der Waals surface area (Å²) >= 11 is 0. The van der Waals surface area contributed by atoms with Gasteiger partial charge in [0, 0.05) is 32.6 Å². The first-order valence-corrected chi connectivity index (χ1v) is 8.90. The third-order valence-corrected chi connectivity index (χ3v) is 4.11. The smallest absolute Gasteiger partial charge is 0.433 e. The molecule has 0 bridgehead atoms. The molecule has 0 aliphatic carbocycles. The molecular formula is C20H25ClF3N3O3. The molecule has 10 heteroatoms. The Morgan fingerprint density at radius 3 is 2.23 bits per heavy atom. The van der Waals surface area contributed by atoms with Gasteiger partial charge in [-0.15, -0.1) is 12.4 Å². The highest BCUT2D eigenvalue weighted by molar-refractivity contribution is 5.85. The van der Waals surface area contributed by atoms with Crippen LogP contribution in [0.5, 0.6) is 11.6 Å². The number of halogens is 4. The highest BCUT2D eigenvalue weighted by atomic mass is 35.5. The molecule has 0 fully saturated rings. The molecule has 1 atom stereocenters. The van der Waals surface area contributed by atoms with Crippen LogP contribution in [0.2, 0.25) is 0 Å². The SMILES string of the molecule is CN(C)C(=O)Oc1ccc(C(CCOc2cccc(C(F)(F)F)n2)N(C)C)cc1.Cl. The molecule has 1 heterocycles. The Morgan fingerprint density at radius 2 is 1.70 bits per heavy atom. The number of rotatable bonds is 7.